The number of nitrogens with zero attached hydrogens (tertiary/aromatic N) is 1. The van der Waals surface area contributed by atoms with Crippen molar-refractivity contribution in [2.75, 3.05) is 18.4 Å². The van der Waals surface area contributed by atoms with E-state index in [0.717, 1.165) is 4.47 Å². The molecule has 9 heteroatoms. The molecule has 1 aromatic carbocycles. The van der Waals surface area contributed by atoms with E-state index < -0.39 is 35.0 Å². The van der Waals surface area contributed by atoms with Crippen LogP contribution in [-0.2, 0) is 19.0 Å². The highest BCUT2D eigenvalue weighted by atomic mass is 79.9. The highest BCUT2D eigenvalue weighted by molar-refractivity contribution is 9.10. The van der Waals surface area contributed by atoms with E-state index in [9.17, 15) is 14.7 Å². The fourth-order valence-electron chi connectivity index (χ4n) is 3.87. The first-order chi connectivity index (χ1) is 16.3. The molecule has 1 saturated heterocycles. The number of hydrogen-bond donors (Lipinski definition) is 2. The molecule has 2 N–H and O–H groups in total. The Morgan fingerprint density at radius 2 is 1.53 bits per heavy atom. The third kappa shape index (κ3) is 9.90. The second-order valence-corrected chi connectivity index (χ2v) is 13.2. The number of aliphatic hydroxyl groups is 1. The van der Waals surface area contributed by atoms with Crippen molar-refractivity contribution in [1.29, 1.82) is 0 Å². The molecule has 2 rings (SSSR count). The Balaban J connectivity index is 2.27. The van der Waals surface area contributed by atoms with Crippen molar-refractivity contribution in [3.05, 3.63) is 28.2 Å². The van der Waals surface area contributed by atoms with Gasteiger partial charge in [0.1, 0.15) is 17.1 Å². The molecular formula is C27H43BrN2O6. The molecule has 1 heterocycles. The molecule has 1 aromatic rings. The van der Waals surface area contributed by atoms with Gasteiger partial charge in [0.2, 0.25) is 0 Å². The van der Waals surface area contributed by atoms with Gasteiger partial charge in [0, 0.05) is 29.3 Å². The van der Waals surface area contributed by atoms with Gasteiger partial charge >= 0.3 is 12.1 Å². The van der Waals surface area contributed by atoms with Crippen LogP contribution in [0.4, 0.5) is 10.5 Å². The molecular weight excluding hydrogens is 528 g/mol. The molecule has 1 fully saturated rings. The van der Waals surface area contributed by atoms with Gasteiger partial charge in [-0.1, -0.05) is 22.0 Å². The van der Waals surface area contributed by atoms with E-state index in [0.29, 0.717) is 37.2 Å². The number of ether oxygens (including phenoxy) is 3. The summed E-state index contributed by atoms with van der Waals surface area (Å²) in [7, 11) is 0. The van der Waals surface area contributed by atoms with Gasteiger partial charge in [-0.15, -0.1) is 0 Å². The van der Waals surface area contributed by atoms with E-state index in [1.165, 1.54) is 0 Å². The predicted molar refractivity (Wildman–Crippen MR) is 144 cm³/mol. The Kier molecular flexibility index (Phi) is 9.87. The highest BCUT2D eigenvalue weighted by Gasteiger charge is 2.37. The first-order valence-corrected chi connectivity index (χ1v) is 13.3. The van der Waals surface area contributed by atoms with Crippen molar-refractivity contribution in [2.24, 2.45) is 0 Å². The third-order valence-corrected chi connectivity index (χ3v) is 5.77. The fourth-order valence-corrected chi connectivity index (χ4v) is 4.23. The number of rotatable bonds is 6. The summed E-state index contributed by atoms with van der Waals surface area (Å²) in [6.45, 7) is 17.5. The summed E-state index contributed by atoms with van der Waals surface area (Å²) in [5.74, 6) is -1.62. The zero-order valence-electron chi connectivity index (χ0n) is 23.1. The lowest BCUT2D eigenvalue weighted by atomic mass is 9.94. The highest BCUT2D eigenvalue weighted by Crippen LogP contribution is 2.35. The van der Waals surface area contributed by atoms with E-state index in [-0.39, 0.29) is 12.1 Å². The van der Waals surface area contributed by atoms with Crippen molar-refractivity contribution in [2.45, 2.75) is 110 Å². The Labute approximate surface area is 224 Å². The number of nitrogens with one attached hydrogen (secondary N) is 1. The smallest absolute Gasteiger partial charge is 0.410 e. The zero-order valence-corrected chi connectivity index (χ0v) is 24.7. The van der Waals surface area contributed by atoms with Crippen LogP contribution in [0.1, 0.15) is 86.6 Å². The molecule has 2 atom stereocenters. The number of hydrogen-bond acceptors (Lipinski definition) is 7. The molecule has 1 aliphatic rings. The molecule has 0 aliphatic carbocycles. The van der Waals surface area contributed by atoms with Crippen molar-refractivity contribution < 1.29 is 28.9 Å². The lowest BCUT2D eigenvalue weighted by Gasteiger charge is -2.35. The number of esters is 1. The van der Waals surface area contributed by atoms with Crippen LogP contribution in [-0.4, -0.2) is 64.3 Å². The minimum absolute atomic E-state index is 0.0664. The molecule has 1 amide bonds. The maximum Gasteiger partial charge on any atom is 0.410 e. The Hall–Kier alpha value is -1.84. The quantitative estimate of drug-likeness (QED) is 0.328. The molecule has 1 aliphatic heterocycles. The van der Waals surface area contributed by atoms with Crippen LogP contribution in [0.3, 0.4) is 0 Å². The van der Waals surface area contributed by atoms with Crippen LogP contribution in [0, 0.1) is 0 Å². The van der Waals surface area contributed by atoms with Crippen molar-refractivity contribution in [3.8, 4) is 0 Å². The summed E-state index contributed by atoms with van der Waals surface area (Å²) in [6.07, 6.45) is -0.292. The minimum Gasteiger partial charge on any atom is -0.459 e. The summed E-state index contributed by atoms with van der Waals surface area (Å²) < 4.78 is 17.8. The predicted octanol–water partition coefficient (Wildman–Crippen LogP) is 5.82. The van der Waals surface area contributed by atoms with Crippen molar-refractivity contribution in [3.63, 3.8) is 0 Å². The monoisotopic (exact) mass is 570 g/mol. The van der Waals surface area contributed by atoms with Crippen LogP contribution in [0.25, 0.3) is 0 Å². The van der Waals surface area contributed by atoms with Gasteiger partial charge in [0.15, 0.2) is 6.29 Å². The average Bonchev–Trinajstić information content (AvgIpc) is 2.66. The summed E-state index contributed by atoms with van der Waals surface area (Å²) in [5.41, 5.74) is -0.652. The topological polar surface area (TPSA) is 97.3 Å². The van der Waals surface area contributed by atoms with Crippen LogP contribution in [0.5, 0.6) is 0 Å². The molecule has 8 nitrogen and oxygen atoms in total. The number of carbonyl (C=O) groups is 2. The molecule has 0 spiro atoms. The van der Waals surface area contributed by atoms with Gasteiger partial charge in [-0.2, -0.15) is 0 Å². The second kappa shape index (κ2) is 11.7. The van der Waals surface area contributed by atoms with Gasteiger partial charge in [0.05, 0.1) is 5.60 Å². The lowest BCUT2D eigenvalue weighted by Crippen LogP contribution is -2.44. The first-order valence-electron chi connectivity index (χ1n) is 12.5. The number of amides is 1. The zero-order chi connectivity index (χ0) is 27.5. The first kappa shape index (κ1) is 30.4. The van der Waals surface area contributed by atoms with E-state index >= 15 is 0 Å². The van der Waals surface area contributed by atoms with Crippen LogP contribution >= 0.6 is 15.9 Å². The minimum atomic E-state index is -1.41. The van der Waals surface area contributed by atoms with E-state index in [1.54, 1.807) is 31.7 Å². The van der Waals surface area contributed by atoms with Crippen molar-refractivity contribution >= 4 is 33.7 Å². The van der Waals surface area contributed by atoms with Crippen LogP contribution in [0.2, 0.25) is 0 Å². The normalized spacial score (nSPS) is 17.4. The Morgan fingerprint density at radius 3 is 2.03 bits per heavy atom. The average molecular weight is 572 g/mol. The largest absolute Gasteiger partial charge is 0.459 e. The van der Waals surface area contributed by atoms with Crippen molar-refractivity contribution in [1.82, 2.24) is 4.90 Å². The van der Waals surface area contributed by atoms with Gasteiger partial charge in [0.25, 0.3) is 0 Å². The molecule has 0 aromatic heterocycles. The molecule has 36 heavy (non-hydrogen) atoms. The molecule has 0 bridgehead atoms. The van der Waals surface area contributed by atoms with E-state index in [1.807, 2.05) is 53.7 Å². The molecule has 0 saturated carbocycles. The SMILES string of the molecule is CC(C)(C)OC(=O)C(c1ccc(Br)cc1NC1CCN(C(=O)OC(C)(C)C)CC1)C(O)OC(C)(C)C. The van der Waals surface area contributed by atoms with E-state index in [2.05, 4.69) is 21.2 Å². The Morgan fingerprint density at radius 1 is 0.972 bits per heavy atom. The summed E-state index contributed by atoms with van der Waals surface area (Å²) in [6, 6.07) is 5.58. The lowest BCUT2D eigenvalue weighted by molar-refractivity contribution is -0.195. The number of piperidine rings is 1. The van der Waals surface area contributed by atoms with Gasteiger partial charge in [-0.3, -0.25) is 4.79 Å². The number of benzene rings is 1. The maximum atomic E-state index is 13.3. The standard InChI is InChI=1S/C27H43BrN2O6/c1-25(2,3)34-22(31)21(23(32)35-26(4,5)6)19-11-10-17(28)16-20(19)29-18-12-14-30(15-13-18)24(33)36-27(7,8)9/h10-11,16,18,21-22,29,31H,12-15H2,1-9H3. The summed E-state index contributed by atoms with van der Waals surface area (Å²) in [5, 5.41) is 14.6. The fraction of sp³-hybridized carbons (Fsp3) is 0.704. The summed E-state index contributed by atoms with van der Waals surface area (Å²) >= 11 is 3.52. The molecule has 2 unspecified atom stereocenters. The van der Waals surface area contributed by atoms with Gasteiger partial charge in [-0.05, 0) is 92.9 Å². The summed E-state index contributed by atoms with van der Waals surface area (Å²) in [4.78, 5) is 27.4. The van der Waals surface area contributed by atoms with Gasteiger partial charge in [-0.25, -0.2) is 4.79 Å². The van der Waals surface area contributed by atoms with Crippen LogP contribution in [0.15, 0.2) is 22.7 Å². The number of likely N-dealkylation sites (tertiary alicyclic amines) is 1. The molecule has 204 valence electrons. The Bertz CT molecular complexity index is 908. The van der Waals surface area contributed by atoms with E-state index in [4.69, 9.17) is 14.2 Å². The second-order valence-electron chi connectivity index (χ2n) is 12.2. The number of aliphatic hydroxyl groups excluding tert-OH is 1. The number of halogens is 1. The maximum absolute atomic E-state index is 13.3. The number of carbonyl (C=O) groups excluding carboxylic acids is 2. The van der Waals surface area contributed by atoms with Gasteiger partial charge < -0.3 is 29.5 Å². The van der Waals surface area contributed by atoms with Crippen LogP contribution < -0.4 is 5.32 Å². The number of anilines is 1. The third-order valence-electron chi connectivity index (χ3n) is 5.28. The molecule has 0 radical (unpaired) electrons.